The monoisotopic (exact) mass is 255 g/mol. The van der Waals surface area contributed by atoms with Crippen molar-refractivity contribution in [1.29, 1.82) is 0 Å². The number of methoxy groups -OCH3 is 1. The van der Waals surface area contributed by atoms with Crippen LogP contribution in [0, 0.1) is 6.92 Å². The third-order valence-corrected chi connectivity index (χ3v) is 5.17. The Morgan fingerprint density at radius 2 is 2.00 bits per heavy atom. The van der Waals surface area contributed by atoms with Crippen LogP contribution in [0.15, 0.2) is 0 Å². The van der Waals surface area contributed by atoms with E-state index in [2.05, 4.69) is 4.98 Å². The second kappa shape index (κ2) is 5.04. The largest absolute Gasteiger partial charge is 0.388 e. The Bertz CT molecular complexity index is 381. The van der Waals surface area contributed by atoms with Crippen molar-refractivity contribution >= 4 is 11.3 Å². The van der Waals surface area contributed by atoms with Gasteiger partial charge in [-0.3, -0.25) is 0 Å². The smallest absolute Gasteiger partial charge is 0.125 e. The number of aryl methyl sites for hydroxylation is 1. The normalized spacial score (nSPS) is 21.4. The molecule has 1 saturated carbocycles. The van der Waals surface area contributed by atoms with Crippen LogP contribution >= 0.6 is 11.3 Å². The van der Waals surface area contributed by atoms with Gasteiger partial charge in [-0.25, -0.2) is 4.98 Å². The predicted molar refractivity (Wildman–Crippen MR) is 69.3 cm³/mol. The number of aliphatic hydroxyl groups is 1. The van der Waals surface area contributed by atoms with Crippen LogP contribution in [0.3, 0.4) is 0 Å². The van der Waals surface area contributed by atoms with Crippen LogP contribution in [0.2, 0.25) is 0 Å². The summed E-state index contributed by atoms with van der Waals surface area (Å²) in [6, 6.07) is 0. The van der Waals surface area contributed by atoms with Gasteiger partial charge < -0.3 is 9.84 Å². The maximum atomic E-state index is 9.70. The lowest BCUT2D eigenvalue weighted by molar-refractivity contribution is -0.0446. The molecule has 0 radical (unpaired) electrons. The van der Waals surface area contributed by atoms with Crippen molar-refractivity contribution in [1.82, 2.24) is 4.98 Å². The van der Waals surface area contributed by atoms with E-state index in [9.17, 15) is 5.11 Å². The highest BCUT2D eigenvalue weighted by atomic mass is 32.1. The fourth-order valence-electron chi connectivity index (χ4n) is 2.62. The fraction of sp³-hybridized carbons (Fsp3) is 0.769. The average molecular weight is 255 g/mol. The number of ether oxygens (including phenoxy) is 1. The molecule has 0 aliphatic heterocycles. The summed E-state index contributed by atoms with van der Waals surface area (Å²) in [7, 11) is 1.78. The number of aromatic nitrogens is 1. The van der Waals surface area contributed by atoms with E-state index < -0.39 is 6.10 Å². The maximum absolute atomic E-state index is 9.70. The van der Waals surface area contributed by atoms with Crippen LogP contribution in [0.5, 0.6) is 0 Å². The van der Waals surface area contributed by atoms with E-state index in [1.165, 1.54) is 19.3 Å². The van der Waals surface area contributed by atoms with Gasteiger partial charge in [0.05, 0.1) is 16.7 Å². The number of nitrogens with zero attached hydrogens (tertiary/aromatic N) is 1. The van der Waals surface area contributed by atoms with Crippen LogP contribution in [0.25, 0.3) is 0 Å². The van der Waals surface area contributed by atoms with Crippen LogP contribution in [-0.2, 0) is 10.3 Å². The molecule has 1 aromatic heterocycles. The first kappa shape index (κ1) is 13.0. The van der Waals surface area contributed by atoms with Gasteiger partial charge in [0.2, 0.25) is 0 Å². The molecule has 1 heterocycles. The molecule has 0 bridgehead atoms. The Morgan fingerprint density at radius 3 is 2.47 bits per heavy atom. The summed E-state index contributed by atoms with van der Waals surface area (Å²) < 4.78 is 5.78. The van der Waals surface area contributed by atoms with Gasteiger partial charge in [0.25, 0.3) is 0 Å². The molecule has 0 saturated heterocycles. The quantitative estimate of drug-likeness (QED) is 0.901. The number of rotatable bonds is 3. The third kappa shape index (κ3) is 2.39. The lowest BCUT2D eigenvalue weighted by Gasteiger charge is -2.34. The molecule has 17 heavy (non-hydrogen) atoms. The van der Waals surface area contributed by atoms with Gasteiger partial charge in [0.15, 0.2) is 0 Å². The highest BCUT2D eigenvalue weighted by molar-refractivity contribution is 7.12. The van der Waals surface area contributed by atoms with Crippen molar-refractivity contribution in [2.45, 2.75) is 57.7 Å². The molecule has 1 aliphatic carbocycles. The molecule has 1 fully saturated rings. The maximum Gasteiger partial charge on any atom is 0.125 e. The highest BCUT2D eigenvalue weighted by Gasteiger charge is 2.37. The topological polar surface area (TPSA) is 42.4 Å². The molecule has 2 rings (SSSR count). The van der Waals surface area contributed by atoms with E-state index >= 15 is 0 Å². The van der Waals surface area contributed by atoms with Crippen LogP contribution < -0.4 is 0 Å². The Kier molecular flexibility index (Phi) is 3.85. The minimum absolute atomic E-state index is 0.194. The van der Waals surface area contributed by atoms with Gasteiger partial charge in [-0.05, 0) is 26.7 Å². The fourth-order valence-corrected chi connectivity index (χ4v) is 3.85. The van der Waals surface area contributed by atoms with E-state index in [0.717, 1.165) is 28.4 Å². The number of hydrogen-bond acceptors (Lipinski definition) is 4. The zero-order valence-electron chi connectivity index (χ0n) is 10.8. The summed E-state index contributed by atoms with van der Waals surface area (Å²) >= 11 is 1.61. The van der Waals surface area contributed by atoms with Crippen molar-refractivity contribution in [3.05, 3.63) is 15.6 Å². The molecule has 1 N–H and O–H groups in total. The molecular formula is C13H21NO2S. The summed E-state index contributed by atoms with van der Waals surface area (Å²) in [5.74, 6) is 0. The minimum atomic E-state index is -0.432. The lowest BCUT2D eigenvalue weighted by Crippen LogP contribution is -2.30. The van der Waals surface area contributed by atoms with Gasteiger partial charge in [0.1, 0.15) is 10.6 Å². The van der Waals surface area contributed by atoms with E-state index in [1.54, 1.807) is 25.4 Å². The highest BCUT2D eigenvalue weighted by Crippen LogP contribution is 2.43. The van der Waals surface area contributed by atoms with Crippen molar-refractivity contribution in [3.8, 4) is 0 Å². The first-order chi connectivity index (χ1) is 8.09. The summed E-state index contributed by atoms with van der Waals surface area (Å²) in [6.07, 6.45) is 5.37. The number of thiazole rings is 1. The van der Waals surface area contributed by atoms with Crippen molar-refractivity contribution in [2.24, 2.45) is 0 Å². The Labute approximate surface area is 107 Å². The van der Waals surface area contributed by atoms with Gasteiger partial charge in [-0.15, -0.1) is 11.3 Å². The molecule has 0 amide bonds. The van der Waals surface area contributed by atoms with Crippen molar-refractivity contribution in [2.75, 3.05) is 7.11 Å². The molecule has 3 nitrogen and oxygen atoms in total. The van der Waals surface area contributed by atoms with Crippen molar-refractivity contribution in [3.63, 3.8) is 0 Å². The van der Waals surface area contributed by atoms with Crippen LogP contribution in [0.1, 0.15) is 60.7 Å². The molecule has 1 aliphatic rings. The van der Waals surface area contributed by atoms with Crippen LogP contribution in [-0.4, -0.2) is 17.2 Å². The summed E-state index contributed by atoms with van der Waals surface area (Å²) in [5.41, 5.74) is 0.753. The summed E-state index contributed by atoms with van der Waals surface area (Å²) in [6.45, 7) is 3.76. The first-order valence-corrected chi connectivity index (χ1v) is 7.12. The van der Waals surface area contributed by atoms with Gasteiger partial charge in [-0.1, -0.05) is 19.3 Å². The Hall–Kier alpha value is -0.450. The van der Waals surface area contributed by atoms with Gasteiger partial charge >= 0.3 is 0 Å². The molecule has 1 unspecified atom stereocenters. The van der Waals surface area contributed by atoms with Gasteiger partial charge in [0, 0.05) is 7.11 Å². The van der Waals surface area contributed by atoms with Crippen molar-refractivity contribution < 1.29 is 9.84 Å². The molecule has 96 valence electrons. The van der Waals surface area contributed by atoms with Gasteiger partial charge in [-0.2, -0.15) is 0 Å². The molecule has 1 aromatic rings. The lowest BCUT2D eigenvalue weighted by atomic mass is 9.85. The zero-order valence-corrected chi connectivity index (χ0v) is 11.6. The number of aliphatic hydroxyl groups excluding tert-OH is 1. The summed E-state index contributed by atoms with van der Waals surface area (Å²) in [5, 5.41) is 10.8. The average Bonchev–Trinajstić information content (AvgIpc) is 2.73. The van der Waals surface area contributed by atoms with E-state index in [0.29, 0.717) is 0 Å². The molecule has 4 heteroatoms. The molecular weight excluding hydrogens is 234 g/mol. The molecule has 1 atom stereocenters. The SMILES string of the molecule is COC1(c2nc(C)c(C(C)O)s2)CCCCC1. The minimum Gasteiger partial charge on any atom is -0.388 e. The Morgan fingerprint density at radius 1 is 1.35 bits per heavy atom. The second-order valence-corrected chi connectivity index (χ2v) is 5.93. The molecule has 0 spiro atoms. The van der Waals surface area contributed by atoms with E-state index in [-0.39, 0.29) is 5.60 Å². The van der Waals surface area contributed by atoms with E-state index in [1.807, 2.05) is 6.92 Å². The third-order valence-electron chi connectivity index (χ3n) is 3.65. The number of hydrogen-bond donors (Lipinski definition) is 1. The Balaban J connectivity index is 2.33. The van der Waals surface area contributed by atoms with E-state index in [4.69, 9.17) is 4.74 Å². The first-order valence-electron chi connectivity index (χ1n) is 6.30. The second-order valence-electron chi connectivity index (χ2n) is 4.90. The molecule has 0 aromatic carbocycles. The predicted octanol–water partition coefficient (Wildman–Crippen LogP) is 3.31. The van der Waals surface area contributed by atoms with Crippen LogP contribution in [0.4, 0.5) is 0 Å². The zero-order chi connectivity index (χ0) is 12.5. The summed E-state index contributed by atoms with van der Waals surface area (Å²) in [4.78, 5) is 5.61. The standard InChI is InChI=1S/C13H21NO2S/c1-9-11(10(2)15)17-12(14-9)13(16-3)7-5-4-6-8-13/h10,15H,4-8H2,1-3H3.